The van der Waals surface area contributed by atoms with E-state index in [0.717, 1.165) is 12.1 Å². The molecule has 0 saturated carbocycles. The lowest BCUT2D eigenvalue weighted by Gasteiger charge is -2.12. The molecule has 0 aliphatic carbocycles. The van der Waals surface area contributed by atoms with Gasteiger partial charge in [-0.25, -0.2) is 4.39 Å². The van der Waals surface area contributed by atoms with Gasteiger partial charge >= 0.3 is 6.36 Å². The Hall–Kier alpha value is -1.30. The maximum atomic E-state index is 13.1. The fourth-order valence-corrected chi connectivity index (χ4v) is 1.17. The Morgan fingerprint density at radius 2 is 2.00 bits per heavy atom. The Bertz CT molecular complexity index is 362. The van der Waals surface area contributed by atoms with Gasteiger partial charge in [0.2, 0.25) is 0 Å². The third kappa shape index (κ3) is 3.37. The van der Waals surface area contributed by atoms with E-state index in [1.54, 1.807) is 6.92 Å². The Morgan fingerprint density at radius 1 is 1.38 bits per heavy atom. The molecule has 0 aliphatic rings. The zero-order chi connectivity index (χ0) is 12.3. The molecule has 2 nitrogen and oxygen atoms in total. The summed E-state index contributed by atoms with van der Waals surface area (Å²) in [6, 6.07) is 2.87. The van der Waals surface area contributed by atoms with Crippen LogP contribution in [-0.2, 0) is 0 Å². The number of alkyl halides is 3. The second kappa shape index (κ2) is 4.69. The van der Waals surface area contributed by atoms with Crippen LogP contribution in [0.3, 0.4) is 0 Å². The molecular weight excluding hydrogens is 228 g/mol. The van der Waals surface area contributed by atoms with Crippen molar-refractivity contribution in [3.8, 4) is 5.75 Å². The second-order valence-electron chi connectivity index (χ2n) is 3.16. The minimum Gasteiger partial charge on any atom is -0.403 e. The van der Waals surface area contributed by atoms with E-state index in [4.69, 9.17) is 0 Å². The third-order valence-electron chi connectivity index (χ3n) is 1.95. The van der Waals surface area contributed by atoms with E-state index in [1.807, 2.05) is 0 Å². The van der Waals surface area contributed by atoms with E-state index < -0.39 is 24.0 Å². The fraction of sp³-hybridized carbons (Fsp3) is 0.400. The van der Waals surface area contributed by atoms with Crippen LogP contribution in [0, 0.1) is 5.82 Å². The van der Waals surface area contributed by atoms with Crippen LogP contribution in [0.2, 0.25) is 0 Å². The Balaban J connectivity index is 2.92. The summed E-state index contributed by atoms with van der Waals surface area (Å²) in [6.07, 6.45) is -5.47. The van der Waals surface area contributed by atoms with Crippen LogP contribution in [0.4, 0.5) is 17.6 Å². The molecule has 0 spiro atoms. The molecule has 1 rings (SSSR count). The number of hydrogen-bond acceptors (Lipinski definition) is 2. The Kier molecular flexibility index (Phi) is 3.74. The van der Waals surface area contributed by atoms with E-state index in [2.05, 4.69) is 4.74 Å². The summed E-state index contributed by atoms with van der Waals surface area (Å²) in [7, 11) is 0. The monoisotopic (exact) mass is 238 g/mol. The van der Waals surface area contributed by atoms with Gasteiger partial charge in [0.05, 0.1) is 6.10 Å². The van der Waals surface area contributed by atoms with Gasteiger partial charge in [-0.15, -0.1) is 13.2 Å². The molecule has 0 bridgehead atoms. The largest absolute Gasteiger partial charge is 0.573 e. The molecule has 0 radical (unpaired) electrons. The summed E-state index contributed by atoms with van der Waals surface area (Å²) in [5, 5.41) is 9.35. The quantitative estimate of drug-likeness (QED) is 0.819. The first-order valence-electron chi connectivity index (χ1n) is 4.56. The van der Waals surface area contributed by atoms with Crippen LogP contribution in [0.1, 0.15) is 25.0 Å². The minimum absolute atomic E-state index is 0.217. The van der Waals surface area contributed by atoms with Crippen LogP contribution < -0.4 is 4.74 Å². The number of rotatable bonds is 3. The van der Waals surface area contributed by atoms with Crippen molar-refractivity contribution in [2.45, 2.75) is 25.8 Å². The van der Waals surface area contributed by atoms with E-state index in [-0.39, 0.29) is 5.56 Å². The Morgan fingerprint density at radius 3 is 2.44 bits per heavy atom. The number of halogens is 4. The zero-order valence-electron chi connectivity index (χ0n) is 8.38. The van der Waals surface area contributed by atoms with Crippen LogP contribution in [0.5, 0.6) is 5.75 Å². The van der Waals surface area contributed by atoms with Gasteiger partial charge in [-0.2, -0.15) is 0 Å². The predicted octanol–water partition coefficient (Wildman–Crippen LogP) is 3.17. The van der Waals surface area contributed by atoms with Crippen molar-refractivity contribution in [2.75, 3.05) is 0 Å². The zero-order valence-corrected chi connectivity index (χ0v) is 8.38. The van der Waals surface area contributed by atoms with E-state index in [1.165, 1.54) is 6.07 Å². The van der Waals surface area contributed by atoms with Crippen LogP contribution in [0.15, 0.2) is 18.2 Å². The van der Waals surface area contributed by atoms with E-state index in [0.29, 0.717) is 6.42 Å². The van der Waals surface area contributed by atoms with Crippen molar-refractivity contribution in [2.24, 2.45) is 0 Å². The molecule has 0 heterocycles. The lowest BCUT2D eigenvalue weighted by atomic mass is 10.1. The summed E-state index contributed by atoms with van der Waals surface area (Å²) in [5.74, 6) is -2.05. The summed E-state index contributed by atoms with van der Waals surface area (Å²) >= 11 is 0. The summed E-state index contributed by atoms with van der Waals surface area (Å²) < 4.78 is 52.0. The first-order valence-corrected chi connectivity index (χ1v) is 4.56. The van der Waals surface area contributed by atoms with Crippen LogP contribution in [0.25, 0.3) is 0 Å². The standard InChI is InChI=1S/C10H10F4O2/c1-2-8(15)6-3-4-9(7(11)5-6)16-10(12,13)14/h3-5,8,15H,2H2,1H3/t8-/m0/s1. The molecule has 16 heavy (non-hydrogen) atoms. The van der Waals surface area contributed by atoms with Crippen molar-refractivity contribution >= 4 is 0 Å². The van der Waals surface area contributed by atoms with E-state index in [9.17, 15) is 22.7 Å². The highest BCUT2D eigenvalue weighted by Crippen LogP contribution is 2.28. The maximum absolute atomic E-state index is 13.1. The van der Waals surface area contributed by atoms with Crippen LogP contribution in [-0.4, -0.2) is 11.5 Å². The first kappa shape index (κ1) is 12.8. The summed E-state index contributed by atoms with van der Waals surface area (Å²) in [4.78, 5) is 0. The van der Waals surface area contributed by atoms with Gasteiger partial charge in [0.25, 0.3) is 0 Å². The summed E-state index contributed by atoms with van der Waals surface area (Å²) in [6.45, 7) is 1.67. The molecule has 6 heteroatoms. The molecule has 1 N–H and O–H groups in total. The van der Waals surface area contributed by atoms with E-state index >= 15 is 0 Å². The van der Waals surface area contributed by atoms with Crippen LogP contribution >= 0.6 is 0 Å². The highest BCUT2D eigenvalue weighted by atomic mass is 19.4. The lowest BCUT2D eigenvalue weighted by Crippen LogP contribution is -2.18. The molecule has 0 fully saturated rings. The lowest BCUT2D eigenvalue weighted by molar-refractivity contribution is -0.275. The smallest absolute Gasteiger partial charge is 0.403 e. The number of aliphatic hydroxyl groups excluding tert-OH is 1. The average Bonchev–Trinajstić information content (AvgIpc) is 2.18. The molecule has 1 aromatic rings. The SMILES string of the molecule is CC[C@H](O)c1ccc(OC(F)(F)F)c(F)c1. The molecular formula is C10H10F4O2. The second-order valence-corrected chi connectivity index (χ2v) is 3.16. The van der Waals surface area contributed by atoms with Crippen molar-refractivity contribution in [3.63, 3.8) is 0 Å². The van der Waals surface area contributed by atoms with Crippen molar-refractivity contribution in [1.29, 1.82) is 0 Å². The van der Waals surface area contributed by atoms with Crippen molar-refractivity contribution in [3.05, 3.63) is 29.6 Å². The average molecular weight is 238 g/mol. The number of hydrogen-bond donors (Lipinski definition) is 1. The first-order chi connectivity index (χ1) is 7.33. The fourth-order valence-electron chi connectivity index (χ4n) is 1.17. The third-order valence-corrected chi connectivity index (χ3v) is 1.95. The molecule has 1 atom stereocenters. The molecule has 1 aromatic carbocycles. The van der Waals surface area contributed by atoms with Gasteiger partial charge in [-0.3, -0.25) is 0 Å². The highest BCUT2D eigenvalue weighted by Gasteiger charge is 2.32. The van der Waals surface area contributed by atoms with Crippen molar-refractivity contribution < 1.29 is 27.4 Å². The topological polar surface area (TPSA) is 29.5 Å². The molecule has 0 aliphatic heterocycles. The molecule has 0 aromatic heterocycles. The van der Waals surface area contributed by atoms with Gasteiger partial charge in [0.15, 0.2) is 11.6 Å². The molecule has 0 saturated heterocycles. The number of ether oxygens (including phenoxy) is 1. The van der Waals surface area contributed by atoms with Gasteiger partial charge in [0, 0.05) is 0 Å². The maximum Gasteiger partial charge on any atom is 0.573 e. The summed E-state index contributed by atoms with van der Waals surface area (Å²) in [5.41, 5.74) is 0.217. The highest BCUT2D eigenvalue weighted by molar-refractivity contribution is 5.30. The molecule has 0 amide bonds. The number of benzene rings is 1. The molecule has 0 unspecified atom stereocenters. The molecule has 90 valence electrons. The normalized spacial score (nSPS) is 13.6. The number of aliphatic hydroxyl groups is 1. The predicted molar refractivity (Wildman–Crippen MR) is 48.3 cm³/mol. The van der Waals surface area contributed by atoms with Crippen molar-refractivity contribution in [1.82, 2.24) is 0 Å². The van der Waals surface area contributed by atoms with Gasteiger partial charge in [-0.1, -0.05) is 13.0 Å². The Labute approximate surface area is 89.5 Å². The van der Waals surface area contributed by atoms with Gasteiger partial charge < -0.3 is 9.84 Å². The van der Waals surface area contributed by atoms with Gasteiger partial charge in [0.1, 0.15) is 0 Å². The minimum atomic E-state index is -4.92. The van der Waals surface area contributed by atoms with Gasteiger partial charge in [-0.05, 0) is 24.1 Å².